The van der Waals surface area contributed by atoms with Gasteiger partial charge in [-0.2, -0.15) is 0 Å². The number of para-hydroxylation sites is 3. The van der Waals surface area contributed by atoms with E-state index in [9.17, 15) is 0 Å². The molecule has 1 aliphatic carbocycles. The van der Waals surface area contributed by atoms with E-state index in [1.807, 2.05) is 0 Å². The average Bonchev–Trinajstić information content (AvgIpc) is 3.74. The number of hydrogen-bond acceptors (Lipinski definition) is 1. The molecule has 0 unspecified atom stereocenters. The Bertz CT molecular complexity index is 3490. The van der Waals surface area contributed by atoms with E-state index in [2.05, 4.69) is 229 Å². The highest BCUT2D eigenvalue weighted by Crippen LogP contribution is 2.53. The second-order valence-electron chi connectivity index (χ2n) is 16.4. The van der Waals surface area contributed by atoms with Gasteiger partial charge in [0, 0.05) is 49.8 Å². The summed E-state index contributed by atoms with van der Waals surface area (Å²) < 4.78 is 2.46. The molecular weight excluding hydrogens is 713 g/mol. The summed E-state index contributed by atoms with van der Waals surface area (Å²) >= 11 is 0. The number of benzene rings is 10. The van der Waals surface area contributed by atoms with Crippen LogP contribution in [0.4, 0.5) is 17.1 Å². The zero-order valence-electron chi connectivity index (χ0n) is 32.9. The lowest BCUT2D eigenvalue weighted by molar-refractivity contribution is 0.663. The first-order valence-electron chi connectivity index (χ1n) is 20.4. The third-order valence-electron chi connectivity index (χ3n) is 12.7. The highest BCUT2D eigenvalue weighted by atomic mass is 15.1. The van der Waals surface area contributed by atoms with Crippen LogP contribution in [-0.4, -0.2) is 4.57 Å². The molecule has 0 spiro atoms. The van der Waals surface area contributed by atoms with Gasteiger partial charge in [0.15, 0.2) is 0 Å². The van der Waals surface area contributed by atoms with Crippen molar-refractivity contribution < 1.29 is 0 Å². The van der Waals surface area contributed by atoms with Crippen molar-refractivity contribution >= 4 is 71.2 Å². The predicted octanol–water partition coefficient (Wildman–Crippen LogP) is 14.9. The minimum atomic E-state index is -0.226. The Labute approximate surface area is 343 Å². The molecule has 0 saturated heterocycles. The maximum Gasteiger partial charge on any atom is 0.0588 e. The Morgan fingerprint density at radius 1 is 0.458 bits per heavy atom. The van der Waals surface area contributed by atoms with Crippen LogP contribution in [0.25, 0.3) is 70.9 Å². The zero-order chi connectivity index (χ0) is 39.2. The third kappa shape index (κ3) is 5.02. The van der Waals surface area contributed by atoms with Crippen LogP contribution in [0.2, 0.25) is 0 Å². The highest BCUT2D eigenvalue weighted by molar-refractivity contribution is 6.25. The normalized spacial score (nSPS) is 12.9. The molecule has 1 heterocycles. The molecule has 0 saturated carbocycles. The van der Waals surface area contributed by atoms with Crippen molar-refractivity contribution in [2.75, 3.05) is 4.90 Å². The lowest BCUT2D eigenvalue weighted by atomic mass is 9.81. The predicted molar refractivity (Wildman–Crippen MR) is 249 cm³/mol. The van der Waals surface area contributed by atoms with Crippen molar-refractivity contribution in [3.8, 4) is 28.7 Å². The Balaban J connectivity index is 0.921. The van der Waals surface area contributed by atoms with Gasteiger partial charge in [0.1, 0.15) is 0 Å². The van der Waals surface area contributed by atoms with Crippen molar-refractivity contribution in [2.24, 2.45) is 0 Å². The average molecular weight is 751 g/mol. The molecule has 1 aromatic heterocycles. The van der Waals surface area contributed by atoms with E-state index in [1.165, 1.54) is 82.1 Å². The molecule has 59 heavy (non-hydrogen) atoms. The minimum Gasteiger partial charge on any atom is -0.310 e. The molecule has 0 fully saturated rings. The second-order valence-corrected chi connectivity index (χ2v) is 16.4. The summed E-state index contributed by atoms with van der Waals surface area (Å²) in [5, 5.41) is 10.2. The maximum atomic E-state index is 3.55. The molecule has 10 aromatic carbocycles. The summed E-state index contributed by atoms with van der Waals surface area (Å²) in [5.74, 6) is 7.06. The fourth-order valence-electron chi connectivity index (χ4n) is 10.0. The zero-order valence-corrected chi connectivity index (χ0v) is 32.9. The minimum absolute atomic E-state index is 0.226. The molecule has 12 rings (SSSR count). The lowest BCUT2D eigenvalue weighted by Crippen LogP contribution is -2.16. The molecule has 276 valence electrons. The van der Waals surface area contributed by atoms with Gasteiger partial charge in [0.25, 0.3) is 0 Å². The molecule has 2 heteroatoms. The molecule has 0 aliphatic heterocycles. The van der Waals surface area contributed by atoms with Gasteiger partial charge in [0.05, 0.1) is 16.7 Å². The van der Waals surface area contributed by atoms with Gasteiger partial charge in [-0.25, -0.2) is 0 Å². The summed E-state index contributed by atoms with van der Waals surface area (Å²) in [6.07, 6.45) is 0. The number of anilines is 3. The van der Waals surface area contributed by atoms with Crippen molar-refractivity contribution in [1.82, 2.24) is 4.57 Å². The quantitative estimate of drug-likeness (QED) is 0.128. The van der Waals surface area contributed by atoms with E-state index < -0.39 is 0 Å². The monoisotopic (exact) mass is 750 g/mol. The molecule has 0 radical (unpaired) electrons. The molecule has 2 nitrogen and oxygen atoms in total. The third-order valence-corrected chi connectivity index (χ3v) is 12.7. The first kappa shape index (κ1) is 33.5. The first-order valence-corrected chi connectivity index (χ1v) is 20.4. The van der Waals surface area contributed by atoms with Crippen molar-refractivity contribution in [3.05, 3.63) is 216 Å². The van der Waals surface area contributed by atoms with Crippen LogP contribution in [-0.2, 0) is 5.41 Å². The second kappa shape index (κ2) is 12.7. The summed E-state index contributed by atoms with van der Waals surface area (Å²) in [6.45, 7) is 4.75. The number of nitrogens with zero attached hydrogens (tertiary/aromatic N) is 2. The van der Waals surface area contributed by atoms with Gasteiger partial charge in [-0.3, -0.25) is 0 Å². The molecule has 0 bridgehead atoms. The molecule has 11 aromatic rings. The summed E-state index contributed by atoms with van der Waals surface area (Å²) in [5.41, 5.74) is 14.1. The number of hydrogen-bond donors (Lipinski definition) is 0. The fraction of sp³-hybridized carbons (Fsp3) is 0.0526. The molecule has 0 atom stereocenters. The van der Waals surface area contributed by atoms with Crippen LogP contribution < -0.4 is 4.90 Å². The van der Waals surface area contributed by atoms with E-state index >= 15 is 0 Å². The van der Waals surface area contributed by atoms with Gasteiger partial charge in [0.2, 0.25) is 0 Å². The SMILES string of the molecule is CC1(C)c2cc(C#Cc3ccc(N(c4ccccc4)c4ccc5ccc6cccc7ccc4c5c67)cc3)ccc2-c2ccc3c4ccccc4n(-c4ccccc4)c3c21. The lowest BCUT2D eigenvalue weighted by Gasteiger charge is -2.27. The topological polar surface area (TPSA) is 8.17 Å². The molecule has 0 amide bonds. The van der Waals surface area contributed by atoms with Crippen molar-refractivity contribution in [1.29, 1.82) is 0 Å². The fourth-order valence-corrected chi connectivity index (χ4v) is 10.0. The summed E-state index contributed by atoms with van der Waals surface area (Å²) in [4.78, 5) is 2.37. The van der Waals surface area contributed by atoms with E-state index in [1.54, 1.807) is 0 Å². The Morgan fingerprint density at radius 3 is 1.86 bits per heavy atom. The maximum absolute atomic E-state index is 3.55. The number of fused-ring (bicyclic) bond motifs is 7. The Morgan fingerprint density at radius 2 is 1.07 bits per heavy atom. The largest absolute Gasteiger partial charge is 0.310 e. The van der Waals surface area contributed by atoms with Gasteiger partial charge in [-0.1, -0.05) is 147 Å². The highest BCUT2D eigenvalue weighted by Gasteiger charge is 2.38. The van der Waals surface area contributed by atoms with Gasteiger partial charge >= 0.3 is 0 Å². The van der Waals surface area contributed by atoms with E-state index in [0.717, 1.165) is 28.2 Å². The molecule has 0 N–H and O–H groups in total. The van der Waals surface area contributed by atoms with Crippen LogP contribution >= 0.6 is 0 Å². The number of aromatic nitrogens is 1. The van der Waals surface area contributed by atoms with Crippen LogP contribution in [0.15, 0.2) is 194 Å². The van der Waals surface area contributed by atoms with Crippen molar-refractivity contribution in [2.45, 2.75) is 19.3 Å². The first-order chi connectivity index (χ1) is 29.0. The van der Waals surface area contributed by atoms with Gasteiger partial charge in [-0.15, -0.1) is 0 Å². The smallest absolute Gasteiger partial charge is 0.0588 e. The Hall–Kier alpha value is -7.60. The van der Waals surface area contributed by atoms with Crippen LogP contribution in [0.5, 0.6) is 0 Å². The van der Waals surface area contributed by atoms with E-state index in [0.29, 0.717) is 0 Å². The molecule has 1 aliphatic rings. The van der Waals surface area contributed by atoms with Crippen LogP contribution in [0.1, 0.15) is 36.1 Å². The van der Waals surface area contributed by atoms with Crippen LogP contribution in [0.3, 0.4) is 0 Å². The molecular formula is C57H38N2. The van der Waals surface area contributed by atoms with E-state index in [4.69, 9.17) is 0 Å². The Kier molecular flexibility index (Phi) is 7.22. The standard InChI is InChI=1S/C57H38N2/c1-57(2)50-36-38(24-31-45(50)47-33-34-48-46-18-9-10-19-51(46)59(56(48)55(47)57)43-16-7-4-8-17-43)21-20-37-22-29-44(30-23-37)58(42-14-5-3-6-15-42)52-35-28-41-26-25-39-12-11-13-40-27-32-49(52)54(41)53(39)40/h3-19,22-36H,1-2H3. The van der Waals surface area contributed by atoms with Gasteiger partial charge < -0.3 is 9.47 Å². The van der Waals surface area contributed by atoms with Gasteiger partial charge in [-0.05, 0) is 122 Å². The van der Waals surface area contributed by atoms with Crippen LogP contribution in [0, 0.1) is 11.8 Å². The van der Waals surface area contributed by atoms with E-state index in [-0.39, 0.29) is 5.41 Å². The summed E-state index contributed by atoms with van der Waals surface area (Å²) in [7, 11) is 0. The summed E-state index contributed by atoms with van der Waals surface area (Å²) in [6, 6.07) is 70.6. The number of rotatable bonds is 4. The van der Waals surface area contributed by atoms with Crippen molar-refractivity contribution in [3.63, 3.8) is 0 Å².